The van der Waals surface area contributed by atoms with E-state index in [0.29, 0.717) is 13.2 Å². The summed E-state index contributed by atoms with van der Waals surface area (Å²) in [6, 6.07) is -0.638. The Morgan fingerprint density at radius 3 is 1.63 bits per heavy atom. The fourth-order valence-corrected chi connectivity index (χ4v) is 3.35. The number of alkyl carbamates (subject to hydrolysis) is 1. The van der Waals surface area contributed by atoms with Gasteiger partial charge in [-0.2, -0.15) is 0 Å². The maximum Gasteiger partial charge on any atom is 0.407 e. The predicted octanol–water partition coefficient (Wildman–Crippen LogP) is 7.17. The molecule has 1 amide bonds. The summed E-state index contributed by atoms with van der Waals surface area (Å²) in [5, 5.41) is 2.69. The normalized spacial score (nSPS) is 12.9. The van der Waals surface area contributed by atoms with Gasteiger partial charge in [-0.3, -0.25) is 0 Å². The Kier molecular flexibility index (Phi) is 20.1. The number of ether oxygens (including phenoxy) is 2. The molecule has 0 aliphatic heterocycles. The number of carbonyl (C=O) groups is 2. The monoisotopic (exact) mass is 427 g/mol. The number of amides is 1. The van der Waals surface area contributed by atoms with Crippen molar-refractivity contribution in [3.8, 4) is 0 Å². The molecule has 0 aliphatic rings. The van der Waals surface area contributed by atoms with Crippen molar-refractivity contribution in [3.63, 3.8) is 0 Å². The third-order valence-corrected chi connectivity index (χ3v) is 5.71. The minimum atomic E-state index is -0.638. The molecule has 178 valence electrons. The Balaban J connectivity index is 3.82. The summed E-state index contributed by atoms with van der Waals surface area (Å²) in [5.74, 6) is -0.335. The molecule has 1 N–H and O–H groups in total. The minimum absolute atomic E-state index is 0.0122. The van der Waals surface area contributed by atoms with Crippen LogP contribution in [0.25, 0.3) is 0 Å². The molecule has 0 radical (unpaired) electrons. The summed E-state index contributed by atoms with van der Waals surface area (Å²) in [6.45, 7) is 9.05. The molecule has 30 heavy (non-hydrogen) atoms. The van der Waals surface area contributed by atoms with Gasteiger partial charge < -0.3 is 14.8 Å². The van der Waals surface area contributed by atoms with Crippen LogP contribution >= 0.6 is 0 Å². The molecule has 1 unspecified atom stereocenters. The zero-order chi connectivity index (χ0) is 22.5. The van der Waals surface area contributed by atoms with E-state index in [-0.39, 0.29) is 11.9 Å². The molecule has 5 nitrogen and oxygen atoms in total. The third-order valence-electron chi connectivity index (χ3n) is 5.71. The van der Waals surface area contributed by atoms with Gasteiger partial charge >= 0.3 is 12.1 Å². The Morgan fingerprint density at radius 2 is 1.13 bits per heavy atom. The average molecular weight is 428 g/mol. The van der Waals surface area contributed by atoms with Crippen LogP contribution in [0.5, 0.6) is 0 Å². The lowest BCUT2D eigenvalue weighted by Crippen LogP contribution is -2.46. The Morgan fingerprint density at radius 1 is 0.667 bits per heavy atom. The molecular formula is C25H49NO4. The Labute approximate surface area is 186 Å². The molecule has 0 saturated carbocycles. The van der Waals surface area contributed by atoms with Gasteiger partial charge in [-0.1, -0.05) is 111 Å². The van der Waals surface area contributed by atoms with E-state index in [4.69, 9.17) is 9.47 Å². The van der Waals surface area contributed by atoms with E-state index in [1.807, 2.05) is 20.8 Å². The van der Waals surface area contributed by atoms with Gasteiger partial charge in [0.2, 0.25) is 0 Å². The summed E-state index contributed by atoms with van der Waals surface area (Å²) in [5.41, 5.74) is 0. The molecule has 0 saturated heterocycles. The molecule has 0 spiro atoms. The second-order valence-corrected chi connectivity index (χ2v) is 8.55. The molecule has 0 aromatic heterocycles. The van der Waals surface area contributed by atoms with Crippen molar-refractivity contribution >= 4 is 12.1 Å². The first-order valence-electron chi connectivity index (χ1n) is 12.7. The second-order valence-electron chi connectivity index (χ2n) is 8.55. The van der Waals surface area contributed by atoms with Crippen LogP contribution in [0.3, 0.4) is 0 Å². The number of rotatable bonds is 20. The third kappa shape index (κ3) is 16.5. The van der Waals surface area contributed by atoms with Crippen molar-refractivity contribution in [2.45, 2.75) is 130 Å². The second kappa shape index (κ2) is 21.0. The zero-order valence-corrected chi connectivity index (χ0v) is 20.3. The van der Waals surface area contributed by atoms with Crippen LogP contribution in [-0.2, 0) is 14.3 Å². The quantitative estimate of drug-likeness (QED) is 0.165. The van der Waals surface area contributed by atoms with Crippen LogP contribution in [0, 0.1) is 5.92 Å². The van der Waals surface area contributed by atoms with E-state index in [2.05, 4.69) is 12.2 Å². The average Bonchev–Trinajstić information content (AvgIpc) is 2.74. The molecule has 0 rings (SSSR count). The summed E-state index contributed by atoms with van der Waals surface area (Å²) >= 11 is 0. The first-order chi connectivity index (χ1) is 14.6. The van der Waals surface area contributed by atoms with E-state index >= 15 is 0 Å². The highest BCUT2D eigenvalue weighted by molar-refractivity contribution is 5.81. The molecule has 0 fully saturated rings. The van der Waals surface area contributed by atoms with E-state index in [0.717, 1.165) is 32.1 Å². The molecule has 2 atom stereocenters. The molecule has 0 bridgehead atoms. The zero-order valence-electron chi connectivity index (χ0n) is 20.3. The van der Waals surface area contributed by atoms with Crippen molar-refractivity contribution in [2.24, 2.45) is 5.92 Å². The molecule has 5 heteroatoms. The van der Waals surface area contributed by atoms with Crippen LogP contribution in [0.4, 0.5) is 4.79 Å². The topological polar surface area (TPSA) is 64.6 Å². The van der Waals surface area contributed by atoms with Gasteiger partial charge in [0.1, 0.15) is 6.04 Å². The van der Waals surface area contributed by atoms with Crippen molar-refractivity contribution in [2.75, 3.05) is 13.2 Å². The lowest BCUT2D eigenvalue weighted by Gasteiger charge is -2.22. The van der Waals surface area contributed by atoms with Gasteiger partial charge in [0.05, 0.1) is 13.2 Å². The summed E-state index contributed by atoms with van der Waals surface area (Å²) in [7, 11) is 0. The highest BCUT2D eigenvalue weighted by Gasteiger charge is 2.27. The lowest BCUT2D eigenvalue weighted by molar-refractivity contribution is -0.147. The molecular weight excluding hydrogens is 378 g/mol. The maximum atomic E-state index is 12.4. The first-order valence-corrected chi connectivity index (χ1v) is 12.7. The van der Waals surface area contributed by atoms with E-state index in [1.165, 1.54) is 64.2 Å². The smallest absolute Gasteiger partial charge is 0.407 e. The Bertz CT molecular complexity index is 414. The fourth-order valence-electron chi connectivity index (χ4n) is 3.35. The fraction of sp³-hybridized carbons (Fsp3) is 0.920. The van der Waals surface area contributed by atoms with Crippen molar-refractivity contribution in [3.05, 3.63) is 0 Å². The summed E-state index contributed by atoms with van der Waals surface area (Å²) in [6.07, 6.45) is 17.4. The standard InChI is InChI=1S/C25H49NO4/c1-5-8-10-11-12-13-14-15-16-17-18-19-21-29-24(27)23(22(4)7-3)26-25(28)30-20-9-6-2/h22-23H,5-21H2,1-4H3,(H,26,28)/t22?,23-/m0/s1. The number of nitrogens with one attached hydrogen (secondary N) is 1. The molecule has 0 heterocycles. The number of unbranched alkanes of at least 4 members (excludes halogenated alkanes) is 12. The summed E-state index contributed by atoms with van der Waals surface area (Å²) < 4.78 is 10.6. The minimum Gasteiger partial charge on any atom is -0.464 e. The van der Waals surface area contributed by atoms with Gasteiger partial charge in [-0.25, -0.2) is 9.59 Å². The highest BCUT2D eigenvalue weighted by Crippen LogP contribution is 2.13. The van der Waals surface area contributed by atoms with Crippen LogP contribution in [0.1, 0.15) is 124 Å². The molecule has 0 aliphatic carbocycles. The van der Waals surface area contributed by atoms with Crippen molar-refractivity contribution in [1.82, 2.24) is 5.32 Å². The first kappa shape index (κ1) is 28.7. The van der Waals surface area contributed by atoms with Crippen LogP contribution < -0.4 is 5.32 Å². The number of carbonyl (C=O) groups excluding carboxylic acids is 2. The van der Waals surface area contributed by atoms with E-state index < -0.39 is 12.1 Å². The van der Waals surface area contributed by atoms with E-state index in [9.17, 15) is 9.59 Å². The number of esters is 1. The largest absolute Gasteiger partial charge is 0.464 e. The number of hydrogen-bond acceptors (Lipinski definition) is 4. The van der Waals surface area contributed by atoms with Gasteiger partial charge in [-0.15, -0.1) is 0 Å². The molecule has 0 aromatic rings. The Hall–Kier alpha value is -1.26. The maximum absolute atomic E-state index is 12.4. The van der Waals surface area contributed by atoms with Crippen LogP contribution in [0.15, 0.2) is 0 Å². The lowest BCUT2D eigenvalue weighted by atomic mass is 9.99. The SMILES string of the molecule is CCCCCCCCCCCCCCOC(=O)[C@@H](NC(=O)OCCCC)C(C)CC. The van der Waals surface area contributed by atoms with Gasteiger partial charge in [0.25, 0.3) is 0 Å². The van der Waals surface area contributed by atoms with Crippen LogP contribution in [-0.4, -0.2) is 31.3 Å². The van der Waals surface area contributed by atoms with E-state index in [1.54, 1.807) is 0 Å². The number of hydrogen-bond donors (Lipinski definition) is 1. The molecule has 0 aromatic carbocycles. The van der Waals surface area contributed by atoms with Crippen molar-refractivity contribution < 1.29 is 19.1 Å². The van der Waals surface area contributed by atoms with Crippen LogP contribution in [0.2, 0.25) is 0 Å². The van der Waals surface area contributed by atoms with Gasteiger partial charge in [0, 0.05) is 0 Å². The van der Waals surface area contributed by atoms with Gasteiger partial charge in [0.15, 0.2) is 0 Å². The predicted molar refractivity (Wildman–Crippen MR) is 125 cm³/mol. The highest BCUT2D eigenvalue weighted by atomic mass is 16.6. The van der Waals surface area contributed by atoms with Gasteiger partial charge in [-0.05, 0) is 18.8 Å². The van der Waals surface area contributed by atoms with Crippen molar-refractivity contribution in [1.29, 1.82) is 0 Å². The summed E-state index contributed by atoms with van der Waals surface area (Å²) in [4.78, 5) is 24.3.